The summed E-state index contributed by atoms with van der Waals surface area (Å²) in [5, 5.41) is 8.45. The van der Waals surface area contributed by atoms with Gasteiger partial charge in [0.05, 0.1) is 25.8 Å². The molecule has 0 aromatic carbocycles. The fraction of sp³-hybridized carbons (Fsp3) is 0.167. The van der Waals surface area contributed by atoms with E-state index in [1.165, 1.54) is 0 Å². The lowest BCUT2D eigenvalue weighted by atomic mass is 9.98. The average Bonchev–Trinajstić information content (AvgIpc) is 2.94. The number of aromatic nitrogens is 4. The van der Waals surface area contributed by atoms with E-state index in [0.717, 1.165) is 22.2 Å². The molecule has 0 aliphatic heterocycles. The molecule has 0 aliphatic rings. The van der Waals surface area contributed by atoms with Crippen LogP contribution in [0.25, 0.3) is 16.6 Å². The first-order chi connectivity index (χ1) is 8.28. The lowest BCUT2D eigenvalue weighted by molar-refractivity contribution is 0.768. The summed E-state index contributed by atoms with van der Waals surface area (Å²) in [6, 6.07) is 4.10. The van der Waals surface area contributed by atoms with Crippen LogP contribution >= 0.6 is 0 Å². The van der Waals surface area contributed by atoms with Gasteiger partial charge in [0.2, 0.25) is 0 Å². The molecule has 4 nitrogen and oxygen atoms in total. The topological polar surface area (TPSA) is 35.1 Å². The molecule has 82 valence electrons. The van der Waals surface area contributed by atoms with Gasteiger partial charge in [0.15, 0.2) is 0 Å². The summed E-state index contributed by atoms with van der Waals surface area (Å²) in [4.78, 5) is 0. The van der Waals surface area contributed by atoms with Crippen molar-refractivity contribution in [1.29, 1.82) is 0 Å². The van der Waals surface area contributed by atoms with Gasteiger partial charge < -0.3 is 0 Å². The molecule has 0 saturated heterocycles. The Morgan fingerprint density at radius 1 is 1.12 bits per heavy atom. The molecule has 0 unspecified atom stereocenters. The highest BCUT2D eigenvalue weighted by Gasteiger charge is 2.05. The highest BCUT2D eigenvalue weighted by atomic mass is 15.2. The molecule has 3 aromatic heterocycles. The van der Waals surface area contributed by atoms with Gasteiger partial charge in [0, 0.05) is 30.6 Å². The number of nitrogens with zero attached hydrogens (tertiary/aromatic N) is 4. The number of hydrogen-bond donors (Lipinski definition) is 0. The minimum Gasteiger partial charge on any atom is -0.275 e. The number of fused-ring (bicyclic) bond motifs is 1. The van der Waals surface area contributed by atoms with E-state index in [4.69, 9.17) is 7.85 Å². The van der Waals surface area contributed by atoms with Crippen molar-refractivity contribution in [3.63, 3.8) is 0 Å². The van der Waals surface area contributed by atoms with E-state index in [-0.39, 0.29) is 0 Å². The Kier molecular flexibility index (Phi) is 2.25. The van der Waals surface area contributed by atoms with Crippen LogP contribution in [0.15, 0.2) is 36.9 Å². The second-order valence-electron chi connectivity index (χ2n) is 4.02. The SMILES string of the molecule is [B]Cc1cnn2cc(-c3cnn(C)c3)ccc12. The van der Waals surface area contributed by atoms with E-state index in [1.54, 1.807) is 4.68 Å². The first-order valence-corrected chi connectivity index (χ1v) is 5.43. The molecule has 0 bridgehead atoms. The maximum absolute atomic E-state index is 5.65. The van der Waals surface area contributed by atoms with E-state index in [9.17, 15) is 0 Å². The van der Waals surface area contributed by atoms with Crippen LogP contribution in [0.5, 0.6) is 0 Å². The Balaban J connectivity index is 2.14. The van der Waals surface area contributed by atoms with Crippen LogP contribution in [-0.4, -0.2) is 27.2 Å². The van der Waals surface area contributed by atoms with Gasteiger partial charge in [-0.05, 0) is 11.6 Å². The molecule has 0 aliphatic carbocycles. The molecule has 0 N–H and O–H groups in total. The molecular weight excluding hydrogens is 211 g/mol. The van der Waals surface area contributed by atoms with Crippen LogP contribution in [-0.2, 0) is 13.4 Å². The standard InChI is InChI=1S/C12H11BN4/c1-16-7-11(6-14-16)9-2-3-12-10(4-13)5-15-17(12)8-9/h2-3,5-8H,4H2,1H3. The molecule has 0 spiro atoms. The zero-order valence-corrected chi connectivity index (χ0v) is 9.54. The van der Waals surface area contributed by atoms with E-state index in [0.29, 0.717) is 6.32 Å². The van der Waals surface area contributed by atoms with Crippen LogP contribution in [0, 0.1) is 0 Å². The van der Waals surface area contributed by atoms with Gasteiger partial charge in [-0.2, -0.15) is 10.2 Å². The molecular formula is C12H11BN4. The maximum Gasteiger partial charge on any atom is 0.0718 e. The van der Waals surface area contributed by atoms with Crippen molar-refractivity contribution in [3.05, 3.63) is 42.5 Å². The summed E-state index contributed by atoms with van der Waals surface area (Å²) in [5.41, 5.74) is 4.29. The summed E-state index contributed by atoms with van der Waals surface area (Å²) in [6.45, 7) is 0. The van der Waals surface area contributed by atoms with E-state index >= 15 is 0 Å². The molecule has 5 heteroatoms. The van der Waals surface area contributed by atoms with E-state index in [1.807, 2.05) is 42.4 Å². The van der Waals surface area contributed by atoms with Gasteiger partial charge in [-0.1, -0.05) is 12.4 Å². The molecule has 3 heterocycles. The number of aryl methyl sites for hydroxylation is 1. The summed E-state index contributed by atoms with van der Waals surface area (Å²) >= 11 is 0. The van der Waals surface area contributed by atoms with Crippen molar-refractivity contribution < 1.29 is 0 Å². The molecule has 3 rings (SSSR count). The second kappa shape index (κ2) is 3.77. The Bertz CT molecular complexity index is 668. The third-order valence-corrected chi connectivity index (χ3v) is 2.85. The van der Waals surface area contributed by atoms with Crippen molar-refractivity contribution in [3.8, 4) is 11.1 Å². The van der Waals surface area contributed by atoms with Crippen molar-refractivity contribution in [2.24, 2.45) is 7.05 Å². The summed E-state index contributed by atoms with van der Waals surface area (Å²) < 4.78 is 3.64. The summed E-state index contributed by atoms with van der Waals surface area (Å²) in [6.07, 6.45) is 8.13. The molecule has 0 amide bonds. The molecule has 2 radical (unpaired) electrons. The first-order valence-electron chi connectivity index (χ1n) is 5.43. The number of pyridine rings is 1. The van der Waals surface area contributed by atoms with E-state index < -0.39 is 0 Å². The van der Waals surface area contributed by atoms with Crippen LogP contribution in [0.3, 0.4) is 0 Å². The highest BCUT2D eigenvalue weighted by Crippen LogP contribution is 2.20. The first kappa shape index (κ1) is 10.1. The minimum absolute atomic E-state index is 0.510. The van der Waals surface area contributed by atoms with Gasteiger partial charge in [-0.3, -0.25) is 4.68 Å². The number of rotatable bonds is 2. The van der Waals surface area contributed by atoms with Gasteiger partial charge >= 0.3 is 0 Å². The van der Waals surface area contributed by atoms with Crippen molar-refractivity contribution in [2.75, 3.05) is 0 Å². The maximum atomic E-state index is 5.65. The third-order valence-electron chi connectivity index (χ3n) is 2.85. The molecule has 3 aromatic rings. The zero-order valence-electron chi connectivity index (χ0n) is 9.54. The van der Waals surface area contributed by atoms with Crippen molar-refractivity contribution in [1.82, 2.24) is 19.4 Å². The largest absolute Gasteiger partial charge is 0.275 e. The Labute approximate surface area is 100 Å². The molecule has 0 fully saturated rings. The fourth-order valence-corrected chi connectivity index (χ4v) is 1.94. The zero-order chi connectivity index (χ0) is 11.8. The van der Waals surface area contributed by atoms with E-state index in [2.05, 4.69) is 16.3 Å². The van der Waals surface area contributed by atoms with Crippen LogP contribution in [0.2, 0.25) is 0 Å². The van der Waals surface area contributed by atoms with Gasteiger partial charge in [0.25, 0.3) is 0 Å². The quantitative estimate of drug-likeness (QED) is 0.614. The lowest BCUT2D eigenvalue weighted by Gasteiger charge is -2.00. The smallest absolute Gasteiger partial charge is 0.0718 e. The second-order valence-corrected chi connectivity index (χ2v) is 4.02. The average molecular weight is 222 g/mol. The monoisotopic (exact) mass is 222 g/mol. The Morgan fingerprint density at radius 3 is 2.71 bits per heavy atom. The van der Waals surface area contributed by atoms with Crippen molar-refractivity contribution in [2.45, 2.75) is 6.32 Å². The third kappa shape index (κ3) is 1.64. The van der Waals surface area contributed by atoms with Gasteiger partial charge in [0.1, 0.15) is 0 Å². The summed E-state index contributed by atoms with van der Waals surface area (Å²) in [5.74, 6) is 0. The van der Waals surface area contributed by atoms with Gasteiger partial charge in [-0.25, -0.2) is 4.52 Å². The van der Waals surface area contributed by atoms with Crippen LogP contribution in [0.4, 0.5) is 0 Å². The molecule has 0 atom stereocenters. The Hall–Kier alpha value is -2.04. The van der Waals surface area contributed by atoms with Gasteiger partial charge in [-0.15, -0.1) is 0 Å². The Morgan fingerprint density at radius 2 is 2.00 bits per heavy atom. The minimum atomic E-state index is 0.510. The van der Waals surface area contributed by atoms with Crippen LogP contribution in [0.1, 0.15) is 5.56 Å². The molecule has 0 saturated carbocycles. The number of hydrogen-bond acceptors (Lipinski definition) is 2. The predicted octanol–water partition coefficient (Wildman–Crippen LogP) is 1.40. The lowest BCUT2D eigenvalue weighted by Crippen LogP contribution is -1.89. The summed E-state index contributed by atoms with van der Waals surface area (Å²) in [7, 11) is 7.55. The normalized spacial score (nSPS) is 11.1. The predicted molar refractivity (Wildman–Crippen MR) is 66.9 cm³/mol. The highest BCUT2D eigenvalue weighted by molar-refractivity contribution is 6.09. The fourth-order valence-electron chi connectivity index (χ4n) is 1.94. The molecule has 17 heavy (non-hydrogen) atoms. The van der Waals surface area contributed by atoms with Crippen molar-refractivity contribution >= 4 is 13.4 Å². The van der Waals surface area contributed by atoms with Crippen LogP contribution < -0.4 is 0 Å².